The molecule has 0 aromatic rings. The molecule has 3 heteroatoms. The third-order valence-electron chi connectivity index (χ3n) is 0.714. The topological polar surface area (TPSA) is 31.2 Å². The van der Waals surface area contributed by atoms with Crippen LogP contribution in [0.15, 0.2) is 0 Å². The molecule has 0 aliphatic rings. The van der Waals surface area contributed by atoms with Crippen molar-refractivity contribution in [3.8, 4) is 0 Å². The van der Waals surface area contributed by atoms with Crippen molar-refractivity contribution in [1.29, 1.82) is 0 Å². The Morgan fingerprint density at radius 2 is 1.88 bits per heavy atom. The minimum absolute atomic E-state index is 0. The van der Waals surface area contributed by atoms with Crippen molar-refractivity contribution in [3.05, 3.63) is 5.32 Å². The van der Waals surface area contributed by atoms with Crippen LogP contribution >= 0.6 is 0 Å². The van der Waals surface area contributed by atoms with Crippen LogP contribution in [0, 0.1) is 5.92 Å². The number of rotatable bonds is 1. The molecule has 45 valence electrons. The zero-order chi connectivity index (χ0) is 5.86. The monoisotopic (exact) mass is 189 g/mol. The van der Waals surface area contributed by atoms with Gasteiger partial charge in [0.15, 0.2) is 0 Å². The Labute approximate surface area is 75.3 Å². The minimum atomic E-state index is -0.0278. The predicted molar refractivity (Wildman–Crippen MR) is 29.1 cm³/mol. The second-order valence-corrected chi connectivity index (χ2v) is 1.72. The van der Waals surface area contributed by atoms with Gasteiger partial charge in [-0.2, -0.15) is 0 Å². The largest absolute Gasteiger partial charge is 0.656 e. The third-order valence-corrected chi connectivity index (χ3v) is 0.714. The van der Waals surface area contributed by atoms with E-state index in [0.717, 1.165) is 0 Å². The van der Waals surface area contributed by atoms with Gasteiger partial charge in [0.05, 0.1) is 5.91 Å². The van der Waals surface area contributed by atoms with Gasteiger partial charge in [0.25, 0.3) is 0 Å². The molecule has 1 radical (unpaired) electrons. The van der Waals surface area contributed by atoms with Crippen molar-refractivity contribution in [1.82, 2.24) is 0 Å². The predicted octanol–water partition coefficient (Wildman–Crippen LogP) is 1.17. The van der Waals surface area contributed by atoms with E-state index in [1.807, 2.05) is 13.8 Å². The average molecular weight is 189 g/mol. The summed E-state index contributed by atoms with van der Waals surface area (Å²) >= 11 is 0. The van der Waals surface area contributed by atoms with Crippen molar-refractivity contribution in [3.63, 3.8) is 0 Å². The van der Waals surface area contributed by atoms with Crippen LogP contribution in [0.25, 0.3) is 5.32 Å². The summed E-state index contributed by atoms with van der Waals surface area (Å²) in [5.41, 5.74) is 0. The summed E-state index contributed by atoms with van der Waals surface area (Å²) in [6.45, 7) is 3.66. The summed E-state index contributed by atoms with van der Waals surface area (Å²) in [7, 11) is 1.52. The SMILES string of the molecule is C[N-]C(=O)C(C)C.[Y]. The first-order chi connectivity index (χ1) is 3.18. The van der Waals surface area contributed by atoms with Crippen molar-refractivity contribution in [2.45, 2.75) is 13.8 Å². The average Bonchev–Trinajstić information content (AvgIpc) is 1.65. The molecule has 0 aromatic heterocycles. The van der Waals surface area contributed by atoms with E-state index in [0.29, 0.717) is 0 Å². The molecule has 0 unspecified atom stereocenters. The van der Waals surface area contributed by atoms with Gasteiger partial charge in [0.1, 0.15) is 0 Å². The first-order valence-electron chi connectivity index (χ1n) is 2.32. The second kappa shape index (κ2) is 5.71. The molecule has 0 fully saturated rings. The fourth-order valence-corrected chi connectivity index (χ4v) is 0.258. The maximum absolute atomic E-state index is 10.3. The Morgan fingerprint density at radius 1 is 1.50 bits per heavy atom. The molecule has 0 aromatic carbocycles. The summed E-state index contributed by atoms with van der Waals surface area (Å²) in [5, 5.41) is 3.45. The Balaban J connectivity index is 0. The summed E-state index contributed by atoms with van der Waals surface area (Å²) in [6.07, 6.45) is 0. The number of hydrogen-bond acceptors (Lipinski definition) is 1. The van der Waals surface area contributed by atoms with Gasteiger partial charge in [-0.1, -0.05) is 13.8 Å². The Kier molecular flexibility index (Phi) is 8.12. The maximum Gasteiger partial charge on any atom is 0.0535 e. The first-order valence-corrected chi connectivity index (χ1v) is 2.32. The molecule has 0 atom stereocenters. The number of hydrogen-bond donors (Lipinski definition) is 0. The normalized spacial score (nSPS) is 8.00. The second-order valence-electron chi connectivity index (χ2n) is 1.72. The molecule has 0 heterocycles. The van der Waals surface area contributed by atoms with Gasteiger partial charge in [-0.05, 0) is 5.92 Å². The van der Waals surface area contributed by atoms with E-state index in [1.54, 1.807) is 0 Å². The molecule has 8 heavy (non-hydrogen) atoms. The van der Waals surface area contributed by atoms with Gasteiger partial charge in [-0.15, -0.1) is 7.05 Å². The summed E-state index contributed by atoms with van der Waals surface area (Å²) in [5.74, 6) is 0.0324. The van der Waals surface area contributed by atoms with Crippen LogP contribution in [0.2, 0.25) is 0 Å². The molecule has 0 saturated heterocycles. The zero-order valence-corrected chi connectivity index (χ0v) is 8.35. The smallest absolute Gasteiger partial charge is 0.0535 e. The van der Waals surface area contributed by atoms with Crippen LogP contribution in [0.1, 0.15) is 13.8 Å². The van der Waals surface area contributed by atoms with E-state index < -0.39 is 0 Å². The number of carbonyl (C=O) groups is 1. The van der Waals surface area contributed by atoms with Crippen LogP contribution < -0.4 is 0 Å². The zero-order valence-electron chi connectivity index (χ0n) is 5.51. The van der Waals surface area contributed by atoms with E-state index in [2.05, 4.69) is 5.32 Å². The number of carbonyl (C=O) groups excluding carboxylic acids is 1. The van der Waals surface area contributed by atoms with Crippen molar-refractivity contribution in [2.75, 3.05) is 7.05 Å². The number of amides is 1. The fraction of sp³-hybridized carbons (Fsp3) is 0.800. The van der Waals surface area contributed by atoms with E-state index in [1.165, 1.54) is 7.05 Å². The van der Waals surface area contributed by atoms with Crippen LogP contribution in [-0.2, 0) is 37.5 Å². The molecule has 0 aliphatic heterocycles. The van der Waals surface area contributed by atoms with Crippen LogP contribution in [0.3, 0.4) is 0 Å². The van der Waals surface area contributed by atoms with Gasteiger partial charge in [-0.25, -0.2) is 0 Å². The fourth-order valence-electron chi connectivity index (χ4n) is 0.258. The Hall–Kier alpha value is 0.574. The van der Waals surface area contributed by atoms with Gasteiger partial charge in [0.2, 0.25) is 0 Å². The summed E-state index contributed by atoms with van der Waals surface area (Å²) in [4.78, 5) is 10.3. The molecule has 0 saturated carbocycles. The van der Waals surface area contributed by atoms with Crippen molar-refractivity contribution >= 4 is 5.91 Å². The molecular weight excluding hydrogens is 179 g/mol. The van der Waals surface area contributed by atoms with Crippen LogP contribution in [0.4, 0.5) is 0 Å². The van der Waals surface area contributed by atoms with E-state index in [4.69, 9.17) is 0 Å². The molecule has 0 aliphatic carbocycles. The van der Waals surface area contributed by atoms with Crippen molar-refractivity contribution < 1.29 is 37.5 Å². The van der Waals surface area contributed by atoms with Gasteiger partial charge >= 0.3 is 0 Å². The maximum atomic E-state index is 10.3. The van der Waals surface area contributed by atoms with Gasteiger partial charge < -0.3 is 10.1 Å². The summed E-state index contributed by atoms with van der Waals surface area (Å²) in [6, 6.07) is 0. The molecule has 0 N–H and O–H groups in total. The van der Waals surface area contributed by atoms with E-state index >= 15 is 0 Å². The molecular formula is C5H10NOY-. The van der Waals surface area contributed by atoms with Gasteiger partial charge in [0, 0.05) is 32.7 Å². The first kappa shape index (κ1) is 11.4. The Morgan fingerprint density at radius 3 is 1.88 bits per heavy atom. The molecule has 0 bridgehead atoms. The standard InChI is InChI=1S/C5H11NO.Y/c1-4(2)5(7)6-3;/h4H,1-3H3,(H,6,7);/p-1. The van der Waals surface area contributed by atoms with Crippen LogP contribution in [-0.4, -0.2) is 13.0 Å². The van der Waals surface area contributed by atoms with Gasteiger partial charge in [-0.3, -0.25) is 0 Å². The third kappa shape index (κ3) is 4.73. The minimum Gasteiger partial charge on any atom is -0.656 e. The quantitative estimate of drug-likeness (QED) is 0.609. The summed E-state index contributed by atoms with van der Waals surface area (Å²) < 4.78 is 0. The molecule has 0 spiro atoms. The Bertz CT molecular complexity index is 72.8. The molecule has 2 nitrogen and oxygen atoms in total. The van der Waals surface area contributed by atoms with Crippen LogP contribution in [0.5, 0.6) is 0 Å². The molecule has 1 amide bonds. The molecule has 0 rings (SSSR count). The van der Waals surface area contributed by atoms with E-state index in [9.17, 15) is 4.79 Å². The van der Waals surface area contributed by atoms with E-state index in [-0.39, 0.29) is 44.5 Å². The van der Waals surface area contributed by atoms with Crippen molar-refractivity contribution in [2.24, 2.45) is 5.92 Å². The number of nitrogens with zero attached hydrogens (tertiary/aromatic N) is 1.